The van der Waals surface area contributed by atoms with Crippen LogP contribution in [0.2, 0.25) is 0 Å². The highest BCUT2D eigenvalue weighted by atomic mass is 32.2. The maximum atomic E-state index is 11.9. The number of amides is 1. The first-order valence-corrected chi connectivity index (χ1v) is 8.90. The van der Waals surface area contributed by atoms with Crippen molar-refractivity contribution < 1.29 is 4.79 Å². The minimum absolute atomic E-state index is 0.0557. The van der Waals surface area contributed by atoms with Crippen molar-refractivity contribution >= 4 is 39.2 Å². The Hall–Kier alpha value is -1.85. The van der Waals surface area contributed by atoms with Crippen molar-refractivity contribution in [2.45, 2.75) is 10.8 Å². The zero-order chi connectivity index (χ0) is 15.2. The molecule has 1 N–H and O–H groups in total. The summed E-state index contributed by atoms with van der Waals surface area (Å²) < 4.78 is 2.11. The third kappa shape index (κ3) is 4.08. The van der Waals surface area contributed by atoms with E-state index in [1.807, 2.05) is 36.4 Å². The van der Waals surface area contributed by atoms with Crippen molar-refractivity contribution in [3.63, 3.8) is 0 Å². The van der Waals surface area contributed by atoms with Crippen LogP contribution in [-0.4, -0.2) is 23.2 Å². The van der Waals surface area contributed by atoms with Gasteiger partial charge in [-0.05, 0) is 24.1 Å². The van der Waals surface area contributed by atoms with Crippen LogP contribution in [0.1, 0.15) is 5.56 Å². The van der Waals surface area contributed by atoms with E-state index in [9.17, 15) is 4.79 Å². The Labute approximate surface area is 137 Å². The SMILES string of the molecule is O=C(CSc1nc2ccccc2s1)NCCc1ccccc1. The lowest BCUT2D eigenvalue weighted by Crippen LogP contribution is -2.27. The summed E-state index contributed by atoms with van der Waals surface area (Å²) in [5, 5.41) is 2.95. The van der Waals surface area contributed by atoms with Crippen molar-refractivity contribution in [1.29, 1.82) is 0 Å². The van der Waals surface area contributed by atoms with Gasteiger partial charge < -0.3 is 5.32 Å². The van der Waals surface area contributed by atoms with E-state index in [-0.39, 0.29) is 5.91 Å². The van der Waals surface area contributed by atoms with Crippen LogP contribution in [0.15, 0.2) is 58.9 Å². The molecular weight excluding hydrogens is 312 g/mol. The molecule has 1 amide bonds. The maximum absolute atomic E-state index is 11.9. The van der Waals surface area contributed by atoms with E-state index >= 15 is 0 Å². The average Bonchev–Trinajstić information content (AvgIpc) is 2.97. The van der Waals surface area contributed by atoms with Gasteiger partial charge in [0.25, 0.3) is 0 Å². The lowest BCUT2D eigenvalue weighted by molar-refractivity contribution is -0.118. The van der Waals surface area contributed by atoms with Crippen molar-refractivity contribution in [1.82, 2.24) is 10.3 Å². The molecule has 3 nitrogen and oxygen atoms in total. The fourth-order valence-electron chi connectivity index (χ4n) is 2.08. The van der Waals surface area contributed by atoms with Gasteiger partial charge in [-0.3, -0.25) is 4.79 Å². The molecule has 0 atom stereocenters. The third-order valence-electron chi connectivity index (χ3n) is 3.18. The second-order valence-corrected chi connectivity index (χ2v) is 7.07. The van der Waals surface area contributed by atoms with Gasteiger partial charge in [-0.25, -0.2) is 4.98 Å². The van der Waals surface area contributed by atoms with Crippen LogP contribution < -0.4 is 5.32 Å². The summed E-state index contributed by atoms with van der Waals surface area (Å²) >= 11 is 3.13. The average molecular weight is 328 g/mol. The Bertz CT molecular complexity index is 722. The van der Waals surface area contributed by atoms with E-state index in [0.717, 1.165) is 21.0 Å². The minimum atomic E-state index is 0.0557. The predicted molar refractivity (Wildman–Crippen MR) is 93.5 cm³/mol. The van der Waals surface area contributed by atoms with Crippen molar-refractivity contribution in [2.75, 3.05) is 12.3 Å². The number of hydrogen-bond acceptors (Lipinski definition) is 4. The van der Waals surface area contributed by atoms with E-state index in [0.29, 0.717) is 12.3 Å². The number of para-hydroxylation sites is 1. The zero-order valence-electron chi connectivity index (χ0n) is 12.0. The zero-order valence-corrected chi connectivity index (χ0v) is 13.6. The Morgan fingerprint density at radius 1 is 1.09 bits per heavy atom. The molecule has 5 heteroatoms. The molecule has 0 spiro atoms. The minimum Gasteiger partial charge on any atom is -0.355 e. The Morgan fingerprint density at radius 3 is 2.68 bits per heavy atom. The Balaban J connectivity index is 1.44. The van der Waals surface area contributed by atoms with E-state index in [1.54, 1.807) is 11.3 Å². The number of thiazole rings is 1. The molecular formula is C17H16N2OS2. The van der Waals surface area contributed by atoms with Crippen LogP contribution in [0.25, 0.3) is 10.2 Å². The molecule has 0 aliphatic carbocycles. The van der Waals surface area contributed by atoms with Gasteiger partial charge in [-0.1, -0.05) is 54.2 Å². The van der Waals surface area contributed by atoms with Crippen LogP contribution in [0, 0.1) is 0 Å². The van der Waals surface area contributed by atoms with Gasteiger partial charge >= 0.3 is 0 Å². The molecule has 3 aromatic rings. The van der Waals surface area contributed by atoms with E-state index in [1.165, 1.54) is 17.3 Å². The highest BCUT2D eigenvalue weighted by molar-refractivity contribution is 8.01. The quantitative estimate of drug-likeness (QED) is 0.701. The smallest absolute Gasteiger partial charge is 0.230 e. The van der Waals surface area contributed by atoms with Gasteiger partial charge in [-0.15, -0.1) is 11.3 Å². The number of aromatic nitrogens is 1. The first kappa shape index (κ1) is 15.1. The van der Waals surface area contributed by atoms with E-state index < -0.39 is 0 Å². The van der Waals surface area contributed by atoms with Gasteiger partial charge in [-0.2, -0.15) is 0 Å². The van der Waals surface area contributed by atoms with Crippen molar-refractivity contribution in [3.05, 3.63) is 60.2 Å². The summed E-state index contributed by atoms with van der Waals surface area (Å²) in [7, 11) is 0. The normalized spacial score (nSPS) is 10.7. The first-order chi connectivity index (χ1) is 10.8. The number of carbonyl (C=O) groups is 1. The Morgan fingerprint density at radius 2 is 1.86 bits per heavy atom. The number of nitrogens with zero attached hydrogens (tertiary/aromatic N) is 1. The highest BCUT2D eigenvalue weighted by Crippen LogP contribution is 2.28. The predicted octanol–water partition coefficient (Wildman–Crippen LogP) is 3.75. The molecule has 112 valence electrons. The van der Waals surface area contributed by atoms with Crippen LogP contribution in [0.3, 0.4) is 0 Å². The highest BCUT2D eigenvalue weighted by Gasteiger charge is 2.07. The van der Waals surface area contributed by atoms with Crippen molar-refractivity contribution in [2.24, 2.45) is 0 Å². The van der Waals surface area contributed by atoms with Gasteiger partial charge in [0.1, 0.15) is 0 Å². The topological polar surface area (TPSA) is 42.0 Å². The molecule has 0 aliphatic heterocycles. The molecule has 0 radical (unpaired) electrons. The number of nitrogens with one attached hydrogen (secondary N) is 1. The van der Waals surface area contributed by atoms with Crippen LogP contribution in [0.5, 0.6) is 0 Å². The lowest BCUT2D eigenvalue weighted by Gasteiger charge is -2.04. The van der Waals surface area contributed by atoms with Crippen LogP contribution in [0.4, 0.5) is 0 Å². The number of benzene rings is 2. The van der Waals surface area contributed by atoms with E-state index in [2.05, 4.69) is 28.5 Å². The molecule has 0 saturated heterocycles. The summed E-state index contributed by atoms with van der Waals surface area (Å²) in [5.41, 5.74) is 2.24. The second-order valence-electron chi connectivity index (χ2n) is 4.82. The largest absolute Gasteiger partial charge is 0.355 e. The summed E-state index contributed by atoms with van der Waals surface area (Å²) in [6.45, 7) is 0.670. The van der Waals surface area contributed by atoms with Crippen LogP contribution in [-0.2, 0) is 11.2 Å². The summed E-state index contributed by atoms with van der Waals surface area (Å²) in [5.74, 6) is 0.467. The maximum Gasteiger partial charge on any atom is 0.230 e. The molecule has 0 unspecified atom stereocenters. The number of thioether (sulfide) groups is 1. The van der Waals surface area contributed by atoms with E-state index in [4.69, 9.17) is 0 Å². The number of carbonyl (C=O) groups excluding carboxylic acids is 1. The number of hydrogen-bond donors (Lipinski definition) is 1. The molecule has 1 heterocycles. The summed E-state index contributed by atoms with van der Waals surface area (Å²) in [4.78, 5) is 16.4. The van der Waals surface area contributed by atoms with Crippen LogP contribution >= 0.6 is 23.1 Å². The molecule has 0 aliphatic rings. The molecule has 0 saturated carbocycles. The molecule has 1 aromatic heterocycles. The standard InChI is InChI=1S/C17H16N2OS2/c20-16(18-11-10-13-6-2-1-3-7-13)12-21-17-19-14-8-4-5-9-15(14)22-17/h1-9H,10-12H2,(H,18,20). The molecule has 3 rings (SSSR count). The second kappa shape index (κ2) is 7.42. The fourth-order valence-corrected chi connectivity index (χ4v) is 3.98. The van der Waals surface area contributed by atoms with Gasteiger partial charge in [0, 0.05) is 6.54 Å². The summed E-state index contributed by atoms with van der Waals surface area (Å²) in [6.07, 6.45) is 0.860. The molecule has 2 aromatic carbocycles. The fraction of sp³-hybridized carbons (Fsp3) is 0.176. The number of fused-ring (bicyclic) bond motifs is 1. The van der Waals surface area contributed by atoms with Gasteiger partial charge in [0.05, 0.1) is 16.0 Å². The Kier molecular flexibility index (Phi) is 5.08. The lowest BCUT2D eigenvalue weighted by atomic mass is 10.1. The number of rotatable bonds is 6. The first-order valence-electron chi connectivity index (χ1n) is 7.10. The molecule has 0 bridgehead atoms. The van der Waals surface area contributed by atoms with Gasteiger partial charge in [0.15, 0.2) is 4.34 Å². The van der Waals surface area contributed by atoms with Gasteiger partial charge in [0.2, 0.25) is 5.91 Å². The monoisotopic (exact) mass is 328 g/mol. The molecule has 0 fully saturated rings. The molecule has 22 heavy (non-hydrogen) atoms. The van der Waals surface area contributed by atoms with Crippen molar-refractivity contribution in [3.8, 4) is 0 Å². The third-order valence-corrected chi connectivity index (χ3v) is 5.36. The summed E-state index contributed by atoms with van der Waals surface area (Å²) in [6, 6.07) is 18.2.